The molecule has 0 saturated carbocycles. The summed E-state index contributed by atoms with van der Waals surface area (Å²) < 4.78 is 0. The van der Waals surface area contributed by atoms with E-state index in [0.717, 1.165) is 5.57 Å². The molecule has 1 heterocycles. The molecule has 2 N–H and O–H groups in total. The number of amides is 2. The van der Waals surface area contributed by atoms with Crippen molar-refractivity contribution in [2.45, 2.75) is 33.7 Å². The van der Waals surface area contributed by atoms with Gasteiger partial charge in [-0.3, -0.25) is 9.59 Å². The minimum Gasteiger partial charge on any atom is -0.339 e. The first-order valence-corrected chi connectivity index (χ1v) is 4.72. The van der Waals surface area contributed by atoms with Crippen molar-refractivity contribution in [1.29, 1.82) is 0 Å². The van der Waals surface area contributed by atoms with Gasteiger partial charge in [0, 0.05) is 0 Å². The van der Waals surface area contributed by atoms with E-state index in [1.165, 1.54) is 0 Å². The van der Waals surface area contributed by atoms with E-state index < -0.39 is 6.04 Å². The summed E-state index contributed by atoms with van der Waals surface area (Å²) in [6, 6.07) is -0.411. The summed E-state index contributed by atoms with van der Waals surface area (Å²) in [7, 11) is 0. The van der Waals surface area contributed by atoms with Crippen LogP contribution in [0.4, 0.5) is 0 Å². The minimum absolute atomic E-state index is 0.109. The van der Waals surface area contributed by atoms with E-state index in [1.54, 1.807) is 13.8 Å². The second-order valence-corrected chi connectivity index (χ2v) is 4.06. The molecule has 1 aliphatic heterocycles. The monoisotopic (exact) mass is 196 g/mol. The normalized spacial score (nSPS) is 22.1. The van der Waals surface area contributed by atoms with Crippen LogP contribution in [0, 0.1) is 5.92 Å². The smallest absolute Gasteiger partial charge is 0.268 e. The molecule has 1 unspecified atom stereocenters. The van der Waals surface area contributed by atoms with Gasteiger partial charge in [-0.05, 0) is 25.3 Å². The summed E-state index contributed by atoms with van der Waals surface area (Å²) in [5.41, 5.74) is 1.20. The maximum absolute atomic E-state index is 11.5. The topological polar surface area (TPSA) is 58.2 Å². The minimum atomic E-state index is -0.411. The van der Waals surface area contributed by atoms with E-state index in [2.05, 4.69) is 10.6 Å². The molecule has 0 aromatic carbocycles. The Morgan fingerprint density at radius 1 is 1.29 bits per heavy atom. The van der Waals surface area contributed by atoms with Crippen molar-refractivity contribution in [3.8, 4) is 0 Å². The van der Waals surface area contributed by atoms with Crippen molar-refractivity contribution in [3.05, 3.63) is 11.3 Å². The van der Waals surface area contributed by atoms with E-state index in [-0.39, 0.29) is 17.7 Å². The zero-order chi connectivity index (χ0) is 10.9. The zero-order valence-corrected chi connectivity index (χ0v) is 8.97. The SMILES string of the molecule is CC(C)=C1NC(=O)C(C(C)C)NC1=O. The Hall–Kier alpha value is -1.32. The molecule has 0 bridgehead atoms. The van der Waals surface area contributed by atoms with Gasteiger partial charge in [-0.25, -0.2) is 0 Å². The first-order chi connectivity index (χ1) is 6.43. The van der Waals surface area contributed by atoms with E-state index >= 15 is 0 Å². The van der Waals surface area contributed by atoms with Crippen LogP contribution in [0.2, 0.25) is 0 Å². The van der Waals surface area contributed by atoms with Crippen LogP contribution in [0.1, 0.15) is 27.7 Å². The molecule has 0 radical (unpaired) electrons. The van der Waals surface area contributed by atoms with Gasteiger partial charge in [-0.2, -0.15) is 0 Å². The predicted molar refractivity (Wildman–Crippen MR) is 53.3 cm³/mol. The van der Waals surface area contributed by atoms with Gasteiger partial charge in [0.2, 0.25) is 5.91 Å². The van der Waals surface area contributed by atoms with Crippen LogP contribution in [-0.2, 0) is 9.59 Å². The Bertz CT molecular complexity index is 301. The number of hydrogen-bond donors (Lipinski definition) is 2. The Morgan fingerprint density at radius 2 is 1.86 bits per heavy atom. The molecule has 0 aliphatic carbocycles. The molecule has 4 nitrogen and oxygen atoms in total. The molecule has 78 valence electrons. The highest BCUT2D eigenvalue weighted by Gasteiger charge is 2.31. The maximum Gasteiger partial charge on any atom is 0.268 e. The Morgan fingerprint density at radius 3 is 2.29 bits per heavy atom. The summed E-state index contributed by atoms with van der Waals surface area (Å²) in [4.78, 5) is 23.0. The Labute approximate surface area is 83.8 Å². The van der Waals surface area contributed by atoms with Crippen LogP contribution >= 0.6 is 0 Å². The number of hydrogen-bond acceptors (Lipinski definition) is 2. The molecule has 1 atom stereocenters. The van der Waals surface area contributed by atoms with Crippen LogP contribution in [0.25, 0.3) is 0 Å². The number of nitrogens with one attached hydrogen (secondary N) is 2. The van der Waals surface area contributed by atoms with Gasteiger partial charge in [0.1, 0.15) is 11.7 Å². The lowest BCUT2D eigenvalue weighted by molar-refractivity contribution is -0.132. The average Bonchev–Trinajstić information content (AvgIpc) is 2.07. The van der Waals surface area contributed by atoms with Crippen molar-refractivity contribution >= 4 is 11.8 Å². The molecule has 0 aromatic heterocycles. The lowest BCUT2D eigenvalue weighted by Crippen LogP contribution is -2.57. The van der Waals surface area contributed by atoms with E-state index in [1.807, 2.05) is 13.8 Å². The van der Waals surface area contributed by atoms with Gasteiger partial charge < -0.3 is 10.6 Å². The van der Waals surface area contributed by atoms with Crippen molar-refractivity contribution in [2.24, 2.45) is 5.92 Å². The van der Waals surface area contributed by atoms with Crippen LogP contribution in [0.15, 0.2) is 11.3 Å². The quantitative estimate of drug-likeness (QED) is 0.602. The van der Waals surface area contributed by atoms with Gasteiger partial charge in [0.25, 0.3) is 5.91 Å². The summed E-state index contributed by atoms with van der Waals surface area (Å²) in [5.74, 6) is -0.211. The van der Waals surface area contributed by atoms with Gasteiger partial charge in [-0.15, -0.1) is 0 Å². The van der Waals surface area contributed by atoms with E-state index in [4.69, 9.17) is 0 Å². The van der Waals surface area contributed by atoms with Crippen LogP contribution in [0.5, 0.6) is 0 Å². The third kappa shape index (κ3) is 1.95. The molecule has 1 rings (SSSR count). The molecule has 4 heteroatoms. The Kier molecular flexibility index (Phi) is 2.93. The molecule has 1 fully saturated rings. The highest BCUT2D eigenvalue weighted by Crippen LogP contribution is 2.10. The van der Waals surface area contributed by atoms with Gasteiger partial charge in [0.05, 0.1) is 0 Å². The number of allylic oxidation sites excluding steroid dienone is 1. The fourth-order valence-electron chi connectivity index (χ4n) is 1.36. The first kappa shape index (κ1) is 10.8. The van der Waals surface area contributed by atoms with Gasteiger partial charge in [0.15, 0.2) is 0 Å². The molecule has 1 aliphatic rings. The predicted octanol–water partition coefficient (Wildman–Crippen LogP) is 0.551. The molecule has 0 aromatic rings. The third-order valence-corrected chi connectivity index (χ3v) is 2.21. The lowest BCUT2D eigenvalue weighted by atomic mass is 10.0. The number of rotatable bonds is 1. The molecule has 0 spiro atoms. The van der Waals surface area contributed by atoms with Crippen LogP contribution in [0.3, 0.4) is 0 Å². The third-order valence-electron chi connectivity index (χ3n) is 2.21. The second kappa shape index (κ2) is 3.82. The van der Waals surface area contributed by atoms with Gasteiger partial charge in [-0.1, -0.05) is 13.8 Å². The molecule has 1 saturated heterocycles. The first-order valence-electron chi connectivity index (χ1n) is 4.72. The number of piperazine rings is 1. The van der Waals surface area contributed by atoms with Crippen molar-refractivity contribution in [3.63, 3.8) is 0 Å². The van der Waals surface area contributed by atoms with Crippen molar-refractivity contribution in [1.82, 2.24) is 10.6 Å². The van der Waals surface area contributed by atoms with Crippen molar-refractivity contribution in [2.75, 3.05) is 0 Å². The second-order valence-electron chi connectivity index (χ2n) is 4.06. The summed E-state index contributed by atoms with van der Waals surface area (Å²) in [5, 5.41) is 5.31. The lowest BCUT2D eigenvalue weighted by Gasteiger charge is -2.28. The fraction of sp³-hybridized carbons (Fsp3) is 0.600. The summed E-state index contributed by atoms with van der Waals surface area (Å²) >= 11 is 0. The molecular weight excluding hydrogens is 180 g/mol. The van der Waals surface area contributed by atoms with Crippen molar-refractivity contribution < 1.29 is 9.59 Å². The highest BCUT2D eigenvalue weighted by molar-refractivity contribution is 6.04. The van der Waals surface area contributed by atoms with E-state index in [0.29, 0.717) is 5.70 Å². The van der Waals surface area contributed by atoms with Crippen LogP contribution < -0.4 is 10.6 Å². The van der Waals surface area contributed by atoms with Gasteiger partial charge >= 0.3 is 0 Å². The molecule has 2 amide bonds. The maximum atomic E-state index is 11.5. The number of carbonyl (C=O) groups excluding carboxylic acids is 2. The zero-order valence-electron chi connectivity index (χ0n) is 8.97. The van der Waals surface area contributed by atoms with Crippen LogP contribution in [-0.4, -0.2) is 17.9 Å². The summed E-state index contributed by atoms with van der Waals surface area (Å²) in [6.45, 7) is 7.39. The van der Waals surface area contributed by atoms with E-state index in [9.17, 15) is 9.59 Å². The Balaban J connectivity index is 2.88. The highest BCUT2D eigenvalue weighted by atomic mass is 16.2. The largest absolute Gasteiger partial charge is 0.339 e. The summed E-state index contributed by atoms with van der Waals surface area (Å²) in [6.07, 6.45) is 0. The average molecular weight is 196 g/mol. The standard InChI is InChI=1S/C10H16N2O2/c1-5(2)7-9(13)12-8(6(3)4)10(14)11-7/h5,7H,1-4H3,(H,11,14)(H,12,13). The number of carbonyl (C=O) groups is 2. The molecular formula is C10H16N2O2. The fourth-order valence-corrected chi connectivity index (χ4v) is 1.36. The molecule has 14 heavy (non-hydrogen) atoms.